The molecule has 0 unspecified atom stereocenters. The molecule has 0 bridgehead atoms. The van der Waals surface area contributed by atoms with E-state index in [4.69, 9.17) is 4.74 Å². The first-order valence-electron chi connectivity index (χ1n) is 9.43. The van der Waals surface area contributed by atoms with Crippen molar-refractivity contribution in [1.29, 1.82) is 0 Å². The lowest BCUT2D eigenvalue weighted by Gasteiger charge is -2.21. The number of ether oxygens (including phenoxy) is 1. The van der Waals surface area contributed by atoms with E-state index in [1.165, 1.54) is 10.6 Å². The summed E-state index contributed by atoms with van der Waals surface area (Å²) in [6.45, 7) is 5.47. The summed E-state index contributed by atoms with van der Waals surface area (Å²) < 4.78 is 30.5. The van der Waals surface area contributed by atoms with E-state index in [0.717, 1.165) is 22.3 Å². The Kier molecular flexibility index (Phi) is 5.80. The molecule has 1 aliphatic rings. The molecule has 0 aromatic heterocycles. The fourth-order valence-electron chi connectivity index (χ4n) is 3.64. The zero-order valence-electron chi connectivity index (χ0n) is 17.1. The van der Waals surface area contributed by atoms with Gasteiger partial charge in [0.15, 0.2) is 12.4 Å². The fourth-order valence-corrected chi connectivity index (χ4v) is 4.91. The zero-order chi connectivity index (χ0) is 21.3. The van der Waals surface area contributed by atoms with Crippen molar-refractivity contribution >= 4 is 27.5 Å². The van der Waals surface area contributed by atoms with Gasteiger partial charge in [0.2, 0.25) is 10.0 Å². The molecule has 1 aliphatic heterocycles. The lowest BCUT2D eigenvalue weighted by atomic mass is 10.0. The number of hydrogen-bond acceptors (Lipinski definition) is 5. The third-order valence-corrected chi connectivity index (χ3v) is 6.47. The lowest BCUT2D eigenvalue weighted by Crippen LogP contribution is -2.34. The normalized spacial score (nSPS) is 15.9. The maximum absolute atomic E-state index is 12.5. The molecule has 1 atom stereocenters. The molecule has 0 radical (unpaired) electrons. The number of carbonyl (C=O) groups is 2. The summed E-state index contributed by atoms with van der Waals surface area (Å²) in [4.78, 5) is 24.5. The van der Waals surface area contributed by atoms with Crippen molar-refractivity contribution in [1.82, 2.24) is 0 Å². The first kappa shape index (κ1) is 21.0. The van der Waals surface area contributed by atoms with Gasteiger partial charge in [-0.1, -0.05) is 18.2 Å². The van der Waals surface area contributed by atoms with Crippen molar-refractivity contribution in [2.75, 3.05) is 17.2 Å². The minimum Gasteiger partial charge on any atom is -0.457 e. The van der Waals surface area contributed by atoms with E-state index in [1.54, 1.807) is 18.2 Å². The van der Waals surface area contributed by atoms with Crippen molar-refractivity contribution in [3.63, 3.8) is 0 Å². The molecule has 6 nitrogen and oxygen atoms in total. The van der Waals surface area contributed by atoms with Crippen molar-refractivity contribution in [3.05, 3.63) is 64.2 Å². The monoisotopic (exact) mass is 415 g/mol. The minimum absolute atomic E-state index is 0.111. The molecule has 2 aromatic rings. The van der Waals surface area contributed by atoms with E-state index in [0.29, 0.717) is 17.7 Å². The molecule has 2 aromatic carbocycles. The highest BCUT2D eigenvalue weighted by Gasteiger charge is 2.32. The highest BCUT2D eigenvalue weighted by atomic mass is 32.2. The van der Waals surface area contributed by atoms with Gasteiger partial charge < -0.3 is 4.74 Å². The summed E-state index contributed by atoms with van der Waals surface area (Å²) in [6, 6.07) is 10.5. The van der Waals surface area contributed by atoms with Crippen LogP contribution in [0.4, 0.5) is 5.69 Å². The smallest absolute Gasteiger partial charge is 0.310 e. The van der Waals surface area contributed by atoms with Crippen molar-refractivity contribution < 1.29 is 22.7 Å². The quantitative estimate of drug-likeness (QED) is 0.535. The molecule has 0 saturated carbocycles. The third-order valence-electron chi connectivity index (χ3n) is 5.20. The number of rotatable bonds is 6. The summed E-state index contributed by atoms with van der Waals surface area (Å²) in [5, 5.41) is 0. The first-order valence-corrected chi connectivity index (χ1v) is 11.3. The minimum atomic E-state index is -3.38. The number of fused-ring (bicyclic) bond motifs is 1. The average Bonchev–Trinajstić information content (AvgIpc) is 2.97. The second-order valence-corrected chi connectivity index (χ2v) is 9.49. The van der Waals surface area contributed by atoms with Gasteiger partial charge in [-0.05, 0) is 67.6 Å². The standard InChI is InChI=1S/C22H25NO5S/c1-14-5-6-17(9-15(14)2)11-22(25)28-13-21(24)18-7-8-20-19(12-18)10-16(3)23(20)29(4,26)27/h5-9,12,16H,10-11,13H2,1-4H3/t16-/m1/s1. The molecule has 0 amide bonds. The van der Waals surface area contributed by atoms with E-state index >= 15 is 0 Å². The van der Waals surface area contributed by atoms with Crippen LogP contribution in [-0.4, -0.2) is 39.1 Å². The summed E-state index contributed by atoms with van der Waals surface area (Å²) in [6.07, 6.45) is 1.82. The van der Waals surface area contributed by atoms with Crippen molar-refractivity contribution in [2.24, 2.45) is 0 Å². The molecule has 0 aliphatic carbocycles. The van der Waals surface area contributed by atoms with Gasteiger partial charge in [0.1, 0.15) is 0 Å². The van der Waals surface area contributed by atoms with E-state index < -0.39 is 16.0 Å². The average molecular weight is 416 g/mol. The van der Waals surface area contributed by atoms with Gasteiger partial charge in [-0.3, -0.25) is 13.9 Å². The second-order valence-electron chi connectivity index (χ2n) is 7.63. The Morgan fingerprint density at radius 3 is 2.48 bits per heavy atom. The maximum atomic E-state index is 12.5. The van der Waals surface area contributed by atoms with E-state index in [-0.39, 0.29) is 24.9 Å². The molecule has 0 spiro atoms. The third kappa shape index (κ3) is 4.67. The molecular formula is C22H25NO5S. The highest BCUT2D eigenvalue weighted by Crippen LogP contribution is 2.34. The molecule has 0 fully saturated rings. The Morgan fingerprint density at radius 2 is 1.83 bits per heavy atom. The van der Waals surface area contributed by atoms with Crippen LogP contribution < -0.4 is 4.31 Å². The van der Waals surface area contributed by atoms with E-state index in [2.05, 4.69) is 0 Å². The number of sulfonamides is 1. The predicted octanol–water partition coefficient (Wildman–Crippen LogP) is 2.98. The number of anilines is 1. The topological polar surface area (TPSA) is 80.8 Å². The number of benzene rings is 2. The Morgan fingerprint density at radius 1 is 1.10 bits per heavy atom. The van der Waals surface area contributed by atoms with Crippen LogP contribution in [-0.2, 0) is 32.4 Å². The van der Waals surface area contributed by atoms with Crippen LogP contribution in [0.3, 0.4) is 0 Å². The Bertz CT molecular complexity index is 1070. The number of ketones is 1. The van der Waals surface area contributed by atoms with Crippen LogP contribution in [0, 0.1) is 13.8 Å². The van der Waals surface area contributed by atoms with E-state index in [1.807, 2.05) is 39.0 Å². The van der Waals surface area contributed by atoms with Crippen LogP contribution in [0.1, 0.15) is 39.5 Å². The van der Waals surface area contributed by atoms with Crippen LogP contribution in [0.25, 0.3) is 0 Å². The van der Waals surface area contributed by atoms with Gasteiger partial charge in [0.05, 0.1) is 18.4 Å². The Balaban J connectivity index is 1.64. The number of carbonyl (C=O) groups excluding carboxylic acids is 2. The molecule has 0 saturated heterocycles. The van der Waals surface area contributed by atoms with Crippen LogP contribution in [0.2, 0.25) is 0 Å². The molecular weight excluding hydrogens is 390 g/mol. The number of Topliss-reactive ketones (excluding diaryl/α,β-unsaturated/α-hetero) is 1. The molecule has 154 valence electrons. The van der Waals surface area contributed by atoms with Gasteiger partial charge in [-0.25, -0.2) is 8.42 Å². The first-order chi connectivity index (χ1) is 13.6. The maximum Gasteiger partial charge on any atom is 0.310 e. The van der Waals surface area contributed by atoms with Crippen LogP contribution in [0.15, 0.2) is 36.4 Å². The summed E-state index contributed by atoms with van der Waals surface area (Å²) in [5.74, 6) is -0.772. The van der Waals surface area contributed by atoms with Gasteiger partial charge in [0, 0.05) is 11.6 Å². The number of aryl methyl sites for hydroxylation is 2. The van der Waals surface area contributed by atoms with Gasteiger partial charge in [0.25, 0.3) is 0 Å². The number of esters is 1. The number of nitrogens with zero attached hydrogens (tertiary/aromatic N) is 1. The Labute approximate surface area is 171 Å². The van der Waals surface area contributed by atoms with Crippen LogP contribution >= 0.6 is 0 Å². The number of hydrogen-bond donors (Lipinski definition) is 0. The highest BCUT2D eigenvalue weighted by molar-refractivity contribution is 7.92. The zero-order valence-corrected chi connectivity index (χ0v) is 17.9. The molecule has 7 heteroatoms. The van der Waals surface area contributed by atoms with E-state index in [9.17, 15) is 18.0 Å². The summed E-state index contributed by atoms with van der Waals surface area (Å²) in [5.41, 5.74) is 4.90. The molecule has 3 rings (SSSR count). The van der Waals surface area contributed by atoms with Crippen molar-refractivity contribution in [2.45, 2.75) is 39.7 Å². The van der Waals surface area contributed by atoms with Gasteiger partial charge in [-0.2, -0.15) is 0 Å². The Hall–Kier alpha value is -2.67. The van der Waals surface area contributed by atoms with Gasteiger partial charge >= 0.3 is 5.97 Å². The molecule has 29 heavy (non-hydrogen) atoms. The molecule has 1 heterocycles. The van der Waals surface area contributed by atoms with Crippen LogP contribution in [0.5, 0.6) is 0 Å². The SMILES string of the molecule is Cc1ccc(CC(=O)OCC(=O)c2ccc3c(c2)C[C@@H](C)N3S(C)(=O)=O)cc1C. The molecule has 0 N–H and O–H groups in total. The predicted molar refractivity (Wildman–Crippen MR) is 112 cm³/mol. The summed E-state index contributed by atoms with van der Waals surface area (Å²) >= 11 is 0. The second kappa shape index (κ2) is 7.99. The van der Waals surface area contributed by atoms with Crippen molar-refractivity contribution in [3.8, 4) is 0 Å². The summed E-state index contributed by atoms with van der Waals surface area (Å²) in [7, 11) is -3.38. The lowest BCUT2D eigenvalue weighted by molar-refractivity contribution is -0.141. The van der Waals surface area contributed by atoms with Gasteiger partial charge in [-0.15, -0.1) is 0 Å². The largest absolute Gasteiger partial charge is 0.457 e. The fraction of sp³-hybridized carbons (Fsp3) is 0.364.